The van der Waals surface area contributed by atoms with Crippen molar-refractivity contribution in [3.05, 3.63) is 66.2 Å². The summed E-state index contributed by atoms with van der Waals surface area (Å²) in [5, 5.41) is 11.3. The molecule has 0 unspecified atom stereocenters. The lowest BCUT2D eigenvalue weighted by Crippen LogP contribution is -2.18. The minimum Gasteiger partial charge on any atom is -0.336 e. The van der Waals surface area contributed by atoms with E-state index in [1.54, 1.807) is 24.7 Å². The van der Waals surface area contributed by atoms with Crippen molar-refractivity contribution in [2.45, 2.75) is 38.5 Å². The number of thiophene rings is 1. The van der Waals surface area contributed by atoms with Crippen molar-refractivity contribution in [2.75, 3.05) is 5.32 Å². The lowest BCUT2D eigenvalue weighted by Gasteiger charge is -2.20. The Morgan fingerprint density at radius 1 is 1.00 bits per heavy atom. The number of nitrogens with zero attached hydrogens (tertiary/aromatic N) is 4. The molecule has 1 amide bonds. The molecular formula is C30H26FN7OS. The van der Waals surface area contributed by atoms with Crippen LogP contribution in [0, 0.1) is 11.0 Å². The second-order valence-corrected chi connectivity index (χ2v) is 11.3. The Morgan fingerprint density at radius 3 is 2.75 bits per heavy atom. The second kappa shape index (κ2) is 10.3. The van der Waals surface area contributed by atoms with Crippen molar-refractivity contribution in [2.24, 2.45) is 5.92 Å². The van der Waals surface area contributed by atoms with Gasteiger partial charge in [-0.25, -0.2) is 4.98 Å². The van der Waals surface area contributed by atoms with Crippen LogP contribution in [-0.2, 0) is 4.79 Å². The summed E-state index contributed by atoms with van der Waals surface area (Å²) in [6.07, 6.45) is 11.7. The fourth-order valence-corrected chi connectivity index (χ4v) is 6.30. The molecule has 1 aliphatic rings. The van der Waals surface area contributed by atoms with Crippen LogP contribution < -0.4 is 5.32 Å². The van der Waals surface area contributed by atoms with Crippen LogP contribution >= 0.6 is 11.3 Å². The number of anilines is 1. The fourth-order valence-electron chi connectivity index (χ4n) is 5.58. The summed E-state index contributed by atoms with van der Waals surface area (Å²) < 4.78 is 13.7. The van der Waals surface area contributed by atoms with Crippen LogP contribution in [0.3, 0.4) is 0 Å². The highest BCUT2D eigenvalue weighted by molar-refractivity contribution is 7.13. The number of nitrogens with one attached hydrogen (secondary N) is 3. The van der Waals surface area contributed by atoms with Crippen molar-refractivity contribution in [3.63, 3.8) is 0 Å². The van der Waals surface area contributed by atoms with Gasteiger partial charge in [-0.2, -0.15) is 9.49 Å². The molecule has 0 atom stereocenters. The summed E-state index contributed by atoms with van der Waals surface area (Å²) in [5.41, 5.74) is 6.13. The number of aromatic nitrogens is 6. The van der Waals surface area contributed by atoms with Gasteiger partial charge in [-0.05, 0) is 60.7 Å². The quantitative estimate of drug-likeness (QED) is 0.200. The molecule has 5 aromatic heterocycles. The molecule has 7 rings (SSSR count). The van der Waals surface area contributed by atoms with Crippen LogP contribution in [0.1, 0.15) is 38.5 Å². The van der Waals surface area contributed by atoms with Crippen LogP contribution in [0.25, 0.3) is 55.2 Å². The van der Waals surface area contributed by atoms with Gasteiger partial charge in [-0.3, -0.25) is 19.9 Å². The zero-order valence-corrected chi connectivity index (χ0v) is 22.4. The molecule has 200 valence electrons. The molecule has 0 saturated heterocycles. The van der Waals surface area contributed by atoms with Gasteiger partial charge in [0.25, 0.3) is 0 Å². The molecule has 0 aliphatic heterocycles. The number of fused-ring (bicyclic) bond motifs is 2. The predicted octanol–water partition coefficient (Wildman–Crippen LogP) is 7.34. The van der Waals surface area contributed by atoms with Gasteiger partial charge in [-0.15, -0.1) is 11.3 Å². The van der Waals surface area contributed by atoms with Crippen molar-refractivity contribution in [1.29, 1.82) is 0 Å². The van der Waals surface area contributed by atoms with Crippen LogP contribution in [-0.4, -0.2) is 36.0 Å². The van der Waals surface area contributed by atoms with E-state index in [-0.39, 0.29) is 11.0 Å². The molecule has 1 aromatic carbocycles. The Hall–Kier alpha value is -4.44. The molecule has 6 aromatic rings. The van der Waals surface area contributed by atoms with Crippen molar-refractivity contribution in [1.82, 2.24) is 30.1 Å². The number of hydrogen-bond donors (Lipinski definition) is 3. The predicted molar refractivity (Wildman–Crippen MR) is 155 cm³/mol. The Balaban J connectivity index is 1.19. The Bertz CT molecular complexity index is 1850. The molecule has 0 bridgehead atoms. The van der Waals surface area contributed by atoms with Gasteiger partial charge in [0.15, 0.2) is 11.0 Å². The number of halogens is 1. The fraction of sp³-hybridized carbons (Fsp3) is 0.233. The van der Waals surface area contributed by atoms with E-state index in [1.807, 2.05) is 30.3 Å². The van der Waals surface area contributed by atoms with E-state index < -0.39 is 0 Å². The maximum Gasteiger partial charge on any atom is 0.224 e. The molecule has 1 fully saturated rings. The number of rotatable bonds is 6. The van der Waals surface area contributed by atoms with Crippen LogP contribution in [0.4, 0.5) is 10.1 Å². The average Bonchev–Trinajstić information content (AvgIpc) is 3.71. The summed E-state index contributed by atoms with van der Waals surface area (Å²) in [7, 11) is 0. The summed E-state index contributed by atoms with van der Waals surface area (Å²) in [6.45, 7) is 0. The summed E-state index contributed by atoms with van der Waals surface area (Å²) >= 11 is 1.04. The standard InChI is InChI=1S/C30H26FN7OS/c31-25-9-8-24(40-25)29-28-23(10-11-33-29)35-30(36-28)27-21-14-18(6-7-22(21)37-38-27)19-13-20(16-32-15-19)34-26(39)12-17-4-2-1-3-5-17/h6-11,13-17H,1-5,12H2,(H,34,39)(H,35,36)(H,37,38). The lowest BCUT2D eigenvalue weighted by atomic mass is 9.87. The van der Waals surface area contributed by atoms with Gasteiger partial charge >= 0.3 is 0 Å². The molecule has 40 heavy (non-hydrogen) atoms. The average molecular weight is 552 g/mol. The third-order valence-electron chi connectivity index (χ3n) is 7.55. The minimum absolute atomic E-state index is 0.0439. The Morgan fingerprint density at radius 2 is 1.90 bits per heavy atom. The highest BCUT2D eigenvalue weighted by Gasteiger charge is 2.19. The van der Waals surface area contributed by atoms with Gasteiger partial charge in [0.1, 0.15) is 16.9 Å². The smallest absolute Gasteiger partial charge is 0.224 e. The Labute approximate surface area is 233 Å². The van der Waals surface area contributed by atoms with Crippen LogP contribution in [0.5, 0.6) is 0 Å². The molecule has 10 heteroatoms. The lowest BCUT2D eigenvalue weighted by molar-refractivity contribution is -0.117. The van der Waals surface area contributed by atoms with E-state index in [2.05, 4.69) is 30.5 Å². The number of amides is 1. The summed E-state index contributed by atoms with van der Waals surface area (Å²) in [4.78, 5) is 30.4. The van der Waals surface area contributed by atoms with Crippen molar-refractivity contribution in [3.8, 4) is 33.2 Å². The summed E-state index contributed by atoms with van der Waals surface area (Å²) in [6, 6.07) is 13.0. The van der Waals surface area contributed by atoms with E-state index in [0.717, 1.165) is 51.7 Å². The summed E-state index contributed by atoms with van der Waals surface area (Å²) in [5.74, 6) is 1.11. The molecule has 8 nitrogen and oxygen atoms in total. The number of imidazole rings is 1. The van der Waals surface area contributed by atoms with Gasteiger partial charge in [-0.1, -0.05) is 25.3 Å². The van der Waals surface area contributed by atoms with Gasteiger partial charge in [0.05, 0.1) is 27.8 Å². The maximum absolute atomic E-state index is 13.7. The highest BCUT2D eigenvalue weighted by atomic mass is 32.1. The van der Waals surface area contributed by atoms with E-state index in [9.17, 15) is 9.18 Å². The monoisotopic (exact) mass is 551 g/mol. The number of H-pyrrole nitrogens is 2. The highest BCUT2D eigenvalue weighted by Crippen LogP contribution is 2.34. The van der Waals surface area contributed by atoms with Gasteiger partial charge in [0, 0.05) is 29.8 Å². The van der Waals surface area contributed by atoms with E-state index >= 15 is 0 Å². The third kappa shape index (κ3) is 4.75. The topological polar surface area (TPSA) is 112 Å². The number of aromatic amines is 2. The van der Waals surface area contributed by atoms with Gasteiger partial charge in [0.2, 0.25) is 5.91 Å². The Kier molecular flexibility index (Phi) is 6.31. The normalized spacial score (nSPS) is 14.2. The van der Waals surface area contributed by atoms with Crippen LogP contribution in [0.15, 0.2) is 61.1 Å². The second-order valence-electron chi connectivity index (χ2n) is 10.3. The SMILES string of the molecule is O=C(CC1CCCCC1)Nc1cncc(-c2ccc3[nH]nc(-c4nc5c(-c6ccc(F)s6)nccc5[nH]4)c3c2)c1. The first-order valence-electron chi connectivity index (χ1n) is 13.4. The number of benzene rings is 1. The first-order chi connectivity index (χ1) is 19.6. The van der Waals surface area contributed by atoms with Crippen LogP contribution in [0.2, 0.25) is 0 Å². The number of carbonyl (C=O) groups is 1. The molecule has 0 spiro atoms. The number of pyridine rings is 2. The first-order valence-corrected chi connectivity index (χ1v) is 14.3. The minimum atomic E-state index is -0.266. The van der Waals surface area contributed by atoms with Crippen molar-refractivity contribution >= 4 is 44.9 Å². The van der Waals surface area contributed by atoms with E-state index in [4.69, 9.17) is 4.98 Å². The number of carbonyl (C=O) groups excluding carboxylic acids is 1. The molecule has 1 aliphatic carbocycles. The third-order valence-corrected chi connectivity index (χ3v) is 8.43. The maximum atomic E-state index is 13.7. The molecule has 0 radical (unpaired) electrons. The molecule has 5 heterocycles. The molecular weight excluding hydrogens is 525 g/mol. The number of hydrogen-bond acceptors (Lipinski definition) is 6. The molecule has 1 saturated carbocycles. The van der Waals surface area contributed by atoms with E-state index in [0.29, 0.717) is 45.6 Å². The van der Waals surface area contributed by atoms with Crippen molar-refractivity contribution < 1.29 is 9.18 Å². The first kappa shape index (κ1) is 24.6. The van der Waals surface area contributed by atoms with E-state index in [1.165, 1.54) is 25.3 Å². The van der Waals surface area contributed by atoms with Gasteiger partial charge < -0.3 is 10.3 Å². The zero-order chi connectivity index (χ0) is 27.1. The zero-order valence-electron chi connectivity index (χ0n) is 21.6. The largest absolute Gasteiger partial charge is 0.336 e. The molecule has 3 N–H and O–H groups in total.